The van der Waals surface area contributed by atoms with E-state index in [0.717, 1.165) is 12.1 Å². The molecule has 1 unspecified atom stereocenters. The van der Waals surface area contributed by atoms with E-state index in [1.807, 2.05) is 0 Å². The van der Waals surface area contributed by atoms with E-state index in [4.69, 9.17) is 22.5 Å². The Kier molecular flexibility index (Phi) is 4.88. The Morgan fingerprint density at radius 3 is 2.63 bits per heavy atom. The third kappa shape index (κ3) is 4.86. The van der Waals surface area contributed by atoms with Crippen LogP contribution in [0.3, 0.4) is 0 Å². The van der Waals surface area contributed by atoms with Crippen molar-refractivity contribution in [3.63, 3.8) is 0 Å². The van der Waals surface area contributed by atoms with E-state index in [0.29, 0.717) is 0 Å². The van der Waals surface area contributed by atoms with Gasteiger partial charge in [0.05, 0.1) is 5.56 Å². The molecule has 0 bridgehead atoms. The molecule has 19 heavy (non-hydrogen) atoms. The lowest BCUT2D eigenvalue weighted by molar-refractivity contribution is -0.137. The van der Waals surface area contributed by atoms with Crippen molar-refractivity contribution in [3.8, 4) is 0 Å². The topological polar surface area (TPSA) is 70.6 Å². The first kappa shape index (κ1) is 15.4. The first-order valence-corrected chi connectivity index (χ1v) is 5.71. The van der Waals surface area contributed by atoms with Crippen LogP contribution in [0.25, 0.3) is 0 Å². The van der Waals surface area contributed by atoms with Gasteiger partial charge in [0, 0.05) is 23.2 Å². The molecule has 0 saturated carbocycles. The van der Waals surface area contributed by atoms with Crippen molar-refractivity contribution >= 4 is 23.1 Å². The third-order valence-corrected chi connectivity index (χ3v) is 2.50. The second kappa shape index (κ2) is 6.01. The van der Waals surface area contributed by atoms with E-state index >= 15 is 0 Å². The van der Waals surface area contributed by atoms with E-state index in [9.17, 15) is 13.2 Å². The van der Waals surface area contributed by atoms with Crippen LogP contribution in [-0.2, 0) is 6.18 Å². The maximum absolute atomic E-state index is 12.6. The molecule has 1 rings (SSSR count). The lowest BCUT2D eigenvalue weighted by atomic mass is 10.1. The van der Waals surface area contributed by atoms with Gasteiger partial charge in [-0.25, -0.2) is 0 Å². The fraction of sp³-hybridized carbons (Fsp3) is 0.364. The summed E-state index contributed by atoms with van der Waals surface area (Å²) in [5.74, 6) is -0.0157. The smallest absolute Gasteiger partial charge is 0.409 e. The van der Waals surface area contributed by atoms with Crippen LogP contribution in [0.5, 0.6) is 0 Å². The summed E-state index contributed by atoms with van der Waals surface area (Å²) >= 11 is 5.64. The molecule has 0 fully saturated rings. The summed E-state index contributed by atoms with van der Waals surface area (Å²) in [6.45, 7) is 1.69. The molecule has 4 nitrogen and oxygen atoms in total. The Morgan fingerprint density at radius 2 is 2.11 bits per heavy atom. The highest BCUT2D eigenvalue weighted by Gasteiger charge is 2.31. The van der Waals surface area contributed by atoms with Gasteiger partial charge >= 0.3 is 6.18 Å². The lowest BCUT2D eigenvalue weighted by Crippen LogP contribution is -2.24. The van der Waals surface area contributed by atoms with Crippen LogP contribution in [0.1, 0.15) is 18.9 Å². The highest BCUT2D eigenvalue weighted by Crippen LogP contribution is 2.33. The molecule has 0 radical (unpaired) electrons. The predicted molar refractivity (Wildman–Crippen MR) is 67.6 cm³/mol. The molecule has 0 aliphatic heterocycles. The second-order valence-corrected chi connectivity index (χ2v) is 4.50. The molecule has 0 spiro atoms. The molecule has 106 valence electrons. The van der Waals surface area contributed by atoms with Crippen molar-refractivity contribution in [2.75, 3.05) is 5.32 Å². The van der Waals surface area contributed by atoms with Crippen LogP contribution in [0.4, 0.5) is 18.9 Å². The van der Waals surface area contributed by atoms with Gasteiger partial charge in [-0.05, 0) is 25.1 Å². The molecule has 0 aliphatic rings. The molecule has 4 N–H and O–H groups in total. The number of halogens is 4. The summed E-state index contributed by atoms with van der Waals surface area (Å²) in [5.41, 5.74) is 4.70. The molecule has 0 amide bonds. The number of hydrogen-bond acceptors (Lipinski definition) is 3. The van der Waals surface area contributed by atoms with Crippen LogP contribution in [0, 0.1) is 0 Å². The monoisotopic (exact) mass is 295 g/mol. The van der Waals surface area contributed by atoms with E-state index in [1.54, 1.807) is 6.92 Å². The van der Waals surface area contributed by atoms with Crippen LogP contribution >= 0.6 is 11.6 Å². The van der Waals surface area contributed by atoms with E-state index < -0.39 is 11.7 Å². The maximum atomic E-state index is 12.6. The molecule has 1 aromatic rings. The average molecular weight is 296 g/mol. The zero-order valence-electron chi connectivity index (χ0n) is 10.0. The highest BCUT2D eigenvalue weighted by molar-refractivity contribution is 6.30. The highest BCUT2D eigenvalue weighted by atomic mass is 35.5. The molecule has 0 saturated heterocycles. The first-order valence-electron chi connectivity index (χ1n) is 5.33. The Balaban J connectivity index is 2.87. The minimum Gasteiger partial charge on any atom is -0.409 e. The molecule has 1 atom stereocenters. The summed E-state index contributed by atoms with van der Waals surface area (Å²) < 4.78 is 37.8. The van der Waals surface area contributed by atoms with E-state index in [1.165, 1.54) is 6.07 Å². The summed E-state index contributed by atoms with van der Waals surface area (Å²) in [6.07, 6.45) is -4.28. The number of alkyl halides is 3. The standard InChI is InChI=1S/C11H13ClF3N3O/c1-6(2-10(16)18-19)17-9-4-7(11(13,14)15)3-8(12)5-9/h3-6,17,19H,2H2,1H3,(H2,16,18). The fourth-order valence-corrected chi connectivity index (χ4v) is 1.76. The normalized spacial score (nSPS) is 14.3. The largest absolute Gasteiger partial charge is 0.416 e. The van der Waals surface area contributed by atoms with Crippen molar-refractivity contribution in [2.45, 2.75) is 25.6 Å². The zero-order valence-corrected chi connectivity index (χ0v) is 10.8. The zero-order chi connectivity index (χ0) is 14.6. The lowest BCUT2D eigenvalue weighted by Gasteiger charge is -2.16. The summed E-state index contributed by atoms with van der Waals surface area (Å²) in [7, 11) is 0. The molecule has 0 heterocycles. The maximum Gasteiger partial charge on any atom is 0.416 e. The molecule has 1 aromatic carbocycles. The quantitative estimate of drug-likeness (QED) is 0.345. The van der Waals surface area contributed by atoms with Crippen molar-refractivity contribution < 1.29 is 18.4 Å². The SMILES string of the molecule is CC(C/C(N)=N/O)Nc1cc(Cl)cc(C(F)(F)F)c1. The summed E-state index contributed by atoms with van der Waals surface area (Å²) in [5, 5.41) is 14.0. The number of nitrogens with zero attached hydrogens (tertiary/aromatic N) is 1. The van der Waals surface area contributed by atoms with Gasteiger partial charge in [0.1, 0.15) is 5.84 Å². The van der Waals surface area contributed by atoms with Gasteiger partial charge in [0.15, 0.2) is 0 Å². The molecule has 0 aromatic heterocycles. The number of nitrogens with two attached hydrogens (primary N) is 1. The first-order chi connectivity index (χ1) is 8.72. The fourth-order valence-electron chi connectivity index (χ4n) is 1.53. The van der Waals surface area contributed by atoms with Crippen molar-refractivity contribution in [1.29, 1.82) is 0 Å². The number of rotatable bonds is 4. The molecular weight excluding hydrogens is 283 g/mol. The van der Waals surface area contributed by atoms with Crippen molar-refractivity contribution in [1.82, 2.24) is 0 Å². The Bertz CT molecular complexity index is 477. The Labute approximate surface area is 113 Å². The van der Waals surface area contributed by atoms with Gasteiger partial charge in [0.2, 0.25) is 0 Å². The van der Waals surface area contributed by atoms with Crippen LogP contribution in [0.15, 0.2) is 23.4 Å². The Morgan fingerprint density at radius 1 is 1.47 bits per heavy atom. The van der Waals surface area contributed by atoms with E-state index in [-0.39, 0.29) is 29.0 Å². The number of anilines is 1. The summed E-state index contributed by atoms with van der Waals surface area (Å²) in [4.78, 5) is 0. The Hall–Kier alpha value is -1.63. The number of benzene rings is 1. The molecule has 0 aliphatic carbocycles. The minimum absolute atomic E-state index is 0.0157. The van der Waals surface area contributed by atoms with Crippen LogP contribution in [-0.4, -0.2) is 17.1 Å². The number of amidine groups is 1. The van der Waals surface area contributed by atoms with E-state index in [2.05, 4.69) is 10.5 Å². The van der Waals surface area contributed by atoms with Gasteiger partial charge in [-0.15, -0.1) is 0 Å². The van der Waals surface area contributed by atoms with Crippen LogP contribution in [0.2, 0.25) is 5.02 Å². The second-order valence-electron chi connectivity index (χ2n) is 4.07. The third-order valence-electron chi connectivity index (χ3n) is 2.28. The van der Waals surface area contributed by atoms with Gasteiger partial charge in [-0.2, -0.15) is 13.2 Å². The molecule has 8 heteroatoms. The number of oxime groups is 1. The van der Waals surface area contributed by atoms with Gasteiger partial charge in [0.25, 0.3) is 0 Å². The van der Waals surface area contributed by atoms with Crippen molar-refractivity contribution in [3.05, 3.63) is 28.8 Å². The average Bonchev–Trinajstić information content (AvgIpc) is 2.26. The van der Waals surface area contributed by atoms with Gasteiger partial charge in [-0.3, -0.25) is 0 Å². The van der Waals surface area contributed by atoms with Gasteiger partial charge < -0.3 is 16.3 Å². The van der Waals surface area contributed by atoms with Crippen molar-refractivity contribution in [2.24, 2.45) is 10.9 Å². The summed E-state index contributed by atoms with van der Waals surface area (Å²) in [6, 6.07) is 2.87. The van der Waals surface area contributed by atoms with Crippen LogP contribution < -0.4 is 11.1 Å². The number of hydrogen-bond donors (Lipinski definition) is 3. The minimum atomic E-state index is -4.46. The number of nitrogens with one attached hydrogen (secondary N) is 1. The van der Waals surface area contributed by atoms with Gasteiger partial charge in [-0.1, -0.05) is 16.8 Å². The molecular formula is C11H13ClF3N3O. The predicted octanol–water partition coefficient (Wildman–Crippen LogP) is 3.30.